The van der Waals surface area contributed by atoms with E-state index in [2.05, 4.69) is 10.3 Å². The summed E-state index contributed by atoms with van der Waals surface area (Å²) in [5.41, 5.74) is 3.82. The number of fused-ring (bicyclic) bond motifs is 1. The average Bonchev–Trinajstić information content (AvgIpc) is 3.19. The summed E-state index contributed by atoms with van der Waals surface area (Å²) in [7, 11) is 0. The first-order chi connectivity index (χ1) is 15.1. The van der Waals surface area contributed by atoms with Gasteiger partial charge in [-0.1, -0.05) is 60.1 Å². The van der Waals surface area contributed by atoms with Crippen LogP contribution in [-0.4, -0.2) is 22.1 Å². The summed E-state index contributed by atoms with van der Waals surface area (Å²) >= 11 is 6.19. The van der Waals surface area contributed by atoms with Crippen LogP contribution in [0.5, 0.6) is 5.75 Å². The lowest BCUT2D eigenvalue weighted by atomic mass is 10.0. The molecule has 4 aromatic rings. The van der Waals surface area contributed by atoms with Crippen LogP contribution in [0.3, 0.4) is 0 Å². The molecule has 0 bridgehead atoms. The highest BCUT2D eigenvalue weighted by atomic mass is 35.5. The summed E-state index contributed by atoms with van der Waals surface area (Å²) < 4.78 is 5.98. The maximum atomic E-state index is 11.9. The number of H-pyrrole nitrogens is 1. The number of hydrogen-bond donors (Lipinski definition) is 3. The second kappa shape index (κ2) is 9.69. The minimum atomic E-state index is -0.904. The van der Waals surface area contributed by atoms with Gasteiger partial charge in [0, 0.05) is 40.7 Å². The molecule has 1 heterocycles. The Morgan fingerprint density at radius 3 is 2.61 bits per heavy atom. The first-order valence-electron chi connectivity index (χ1n) is 10.1. The monoisotopic (exact) mass is 434 g/mol. The molecule has 0 spiro atoms. The Morgan fingerprint density at radius 2 is 1.81 bits per heavy atom. The van der Waals surface area contributed by atoms with Gasteiger partial charge in [0.15, 0.2) is 0 Å². The van der Waals surface area contributed by atoms with Crippen molar-refractivity contribution in [2.75, 3.05) is 0 Å². The molecule has 0 unspecified atom stereocenters. The fourth-order valence-electron chi connectivity index (χ4n) is 3.56. The molecule has 158 valence electrons. The van der Waals surface area contributed by atoms with Gasteiger partial charge in [0.2, 0.25) is 0 Å². The van der Waals surface area contributed by atoms with Crippen LogP contribution in [0.4, 0.5) is 0 Å². The lowest BCUT2D eigenvalue weighted by Crippen LogP contribution is -2.38. The molecule has 1 aromatic heterocycles. The minimum absolute atomic E-state index is 0.323. The zero-order chi connectivity index (χ0) is 21.6. The molecule has 0 aliphatic carbocycles. The Balaban J connectivity index is 1.47. The van der Waals surface area contributed by atoms with E-state index in [0.29, 0.717) is 30.3 Å². The van der Waals surface area contributed by atoms with E-state index in [1.54, 1.807) is 12.1 Å². The molecule has 0 aliphatic heterocycles. The molecule has 0 saturated carbocycles. The quantitative estimate of drug-likeness (QED) is 0.339. The summed E-state index contributed by atoms with van der Waals surface area (Å²) in [6, 6.07) is 22.4. The summed E-state index contributed by atoms with van der Waals surface area (Å²) in [6.45, 7) is 0.747. The smallest absolute Gasteiger partial charge is 0.321 e. The average molecular weight is 435 g/mol. The summed E-state index contributed by atoms with van der Waals surface area (Å²) in [5.74, 6) is -0.226. The minimum Gasteiger partial charge on any atom is -0.489 e. The highest BCUT2D eigenvalue weighted by Gasteiger charge is 2.20. The van der Waals surface area contributed by atoms with E-state index >= 15 is 0 Å². The number of aromatic amines is 1. The van der Waals surface area contributed by atoms with Crippen molar-refractivity contribution >= 4 is 28.5 Å². The van der Waals surface area contributed by atoms with Crippen LogP contribution in [0.15, 0.2) is 79.0 Å². The third-order valence-electron chi connectivity index (χ3n) is 5.20. The third-order valence-corrected chi connectivity index (χ3v) is 5.43. The van der Waals surface area contributed by atoms with Gasteiger partial charge in [-0.15, -0.1) is 0 Å². The highest BCUT2D eigenvalue weighted by Crippen LogP contribution is 2.25. The molecule has 0 fully saturated rings. The van der Waals surface area contributed by atoms with E-state index in [9.17, 15) is 9.90 Å². The lowest BCUT2D eigenvalue weighted by Gasteiger charge is -2.17. The number of rotatable bonds is 9. The van der Waals surface area contributed by atoms with Gasteiger partial charge in [0.25, 0.3) is 0 Å². The van der Waals surface area contributed by atoms with Gasteiger partial charge in [-0.25, -0.2) is 0 Å². The number of carbonyl (C=O) groups is 1. The molecular weight excluding hydrogens is 412 g/mol. The number of hydrogen-bond acceptors (Lipinski definition) is 3. The summed E-state index contributed by atoms with van der Waals surface area (Å²) in [5, 5.41) is 14.5. The van der Waals surface area contributed by atoms with Gasteiger partial charge in [0.05, 0.1) is 0 Å². The second-order valence-electron chi connectivity index (χ2n) is 7.36. The fraction of sp³-hybridized carbons (Fsp3) is 0.160. The molecule has 0 amide bonds. The van der Waals surface area contributed by atoms with Crippen molar-refractivity contribution in [1.82, 2.24) is 10.3 Å². The zero-order valence-corrected chi connectivity index (χ0v) is 17.6. The van der Waals surface area contributed by atoms with E-state index in [1.807, 2.05) is 66.9 Å². The van der Waals surface area contributed by atoms with Gasteiger partial charge in [-0.2, -0.15) is 0 Å². The van der Waals surface area contributed by atoms with Crippen LogP contribution < -0.4 is 10.1 Å². The summed E-state index contributed by atoms with van der Waals surface area (Å²) in [6.07, 6.45) is 2.23. The summed E-state index contributed by atoms with van der Waals surface area (Å²) in [4.78, 5) is 15.1. The van der Waals surface area contributed by atoms with Crippen LogP contribution >= 0.6 is 11.6 Å². The SMILES string of the molecule is O=C(O)[C@H](Cc1c[nH]c2ccccc12)NCc1cc(Cl)ccc1OCc1ccccc1. The van der Waals surface area contributed by atoms with Crippen LogP contribution in [0, 0.1) is 0 Å². The molecule has 0 aliphatic rings. The Bertz CT molecular complexity index is 1170. The van der Waals surface area contributed by atoms with E-state index in [0.717, 1.165) is 27.6 Å². The standard InChI is InChI=1S/C25H23ClN2O3/c26-20-10-11-24(31-16-17-6-2-1-3-7-17)19(12-20)15-28-23(25(29)30)13-18-14-27-22-9-5-4-8-21(18)22/h1-12,14,23,27-28H,13,15-16H2,(H,29,30)/t23-/m0/s1. The van der Waals surface area contributed by atoms with E-state index in [-0.39, 0.29) is 0 Å². The van der Waals surface area contributed by atoms with Gasteiger partial charge < -0.3 is 14.8 Å². The molecular formula is C25H23ClN2O3. The topological polar surface area (TPSA) is 74.3 Å². The van der Waals surface area contributed by atoms with Crippen molar-refractivity contribution < 1.29 is 14.6 Å². The predicted molar refractivity (Wildman–Crippen MR) is 122 cm³/mol. The molecule has 31 heavy (non-hydrogen) atoms. The van der Waals surface area contributed by atoms with Gasteiger partial charge in [-0.05, 0) is 35.4 Å². The molecule has 6 heteroatoms. The maximum Gasteiger partial charge on any atom is 0.321 e. The molecule has 0 radical (unpaired) electrons. The van der Waals surface area contributed by atoms with Crippen molar-refractivity contribution in [3.63, 3.8) is 0 Å². The number of carboxylic acid groups (broad SMARTS) is 1. The van der Waals surface area contributed by atoms with E-state index < -0.39 is 12.0 Å². The fourth-order valence-corrected chi connectivity index (χ4v) is 3.76. The Labute approximate surface area is 185 Å². The van der Waals surface area contributed by atoms with Gasteiger partial charge in [0.1, 0.15) is 18.4 Å². The molecule has 4 rings (SSSR count). The highest BCUT2D eigenvalue weighted by molar-refractivity contribution is 6.30. The Hall–Kier alpha value is -3.28. The largest absolute Gasteiger partial charge is 0.489 e. The number of aromatic nitrogens is 1. The van der Waals surface area contributed by atoms with Gasteiger partial charge in [-0.3, -0.25) is 10.1 Å². The normalized spacial score (nSPS) is 12.0. The molecule has 3 aromatic carbocycles. The first kappa shape index (κ1) is 21.0. The number of para-hydroxylation sites is 1. The van der Waals surface area contributed by atoms with Gasteiger partial charge >= 0.3 is 5.97 Å². The molecule has 3 N–H and O–H groups in total. The van der Waals surface area contributed by atoms with Crippen molar-refractivity contribution in [2.24, 2.45) is 0 Å². The van der Waals surface area contributed by atoms with E-state index in [4.69, 9.17) is 16.3 Å². The lowest BCUT2D eigenvalue weighted by molar-refractivity contribution is -0.139. The number of benzene rings is 3. The first-order valence-corrected chi connectivity index (χ1v) is 10.4. The van der Waals surface area contributed by atoms with Crippen LogP contribution in [0.1, 0.15) is 16.7 Å². The number of ether oxygens (including phenoxy) is 1. The number of aliphatic carboxylic acids is 1. The Morgan fingerprint density at radius 1 is 1.03 bits per heavy atom. The molecule has 0 saturated heterocycles. The van der Waals surface area contributed by atoms with Crippen molar-refractivity contribution in [1.29, 1.82) is 0 Å². The van der Waals surface area contributed by atoms with Crippen LogP contribution in [0.25, 0.3) is 10.9 Å². The number of halogens is 1. The molecule has 5 nitrogen and oxygen atoms in total. The van der Waals surface area contributed by atoms with Crippen LogP contribution in [0.2, 0.25) is 5.02 Å². The second-order valence-corrected chi connectivity index (χ2v) is 7.80. The van der Waals surface area contributed by atoms with Crippen molar-refractivity contribution in [3.05, 3.63) is 101 Å². The number of nitrogens with one attached hydrogen (secondary N) is 2. The zero-order valence-electron chi connectivity index (χ0n) is 16.8. The predicted octanol–water partition coefficient (Wildman–Crippen LogP) is 5.19. The Kier molecular flexibility index (Phi) is 6.55. The molecule has 1 atom stereocenters. The van der Waals surface area contributed by atoms with Crippen molar-refractivity contribution in [3.8, 4) is 5.75 Å². The van der Waals surface area contributed by atoms with Crippen LogP contribution in [-0.2, 0) is 24.4 Å². The van der Waals surface area contributed by atoms with E-state index in [1.165, 1.54) is 0 Å². The maximum absolute atomic E-state index is 11.9. The third kappa shape index (κ3) is 5.26. The number of carboxylic acids is 1. The van der Waals surface area contributed by atoms with Crippen molar-refractivity contribution in [2.45, 2.75) is 25.6 Å².